The molecule has 1 aliphatic heterocycles. The maximum Gasteiger partial charge on any atom is 0.263 e. The first kappa shape index (κ1) is 21.3. The molecule has 1 aromatic heterocycles. The predicted molar refractivity (Wildman–Crippen MR) is 135 cm³/mol. The first-order valence-electron chi connectivity index (χ1n) is 10.4. The molecule has 1 aliphatic rings. The number of anilines is 1. The van der Waals surface area contributed by atoms with E-state index in [0.717, 1.165) is 22.5 Å². The van der Waals surface area contributed by atoms with Crippen LogP contribution in [-0.2, 0) is 4.79 Å². The van der Waals surface area contributed by atoms with E-state index in [4.69, 9.17) is 27.6 Å². The summed E-state index contributed by atoms with van der Waals surface area (Å²) in [6, 6.07) is 26.6. The first-order valence-corrected chi connectivity index (χ1v) is 11.2. The first-order chi connectivity index (χ1) is 16.0. The number of nitrogens with zero attached hydrogens (tertiary/aromatic N) is 1. The molecule has 0 spiro atoms. The van der Waals surface area contributed by atoms with E-state index < -0.39 is 0 Å². The summed E-state index contributed by atoms with van der Waals surface area (Å²) in [7, 11) is 0. The molecule has 0 fully saturated rings. The number of benzene rings is 3. The molecule has 0 radical (unpaired) electrons. The van der Waals surface area contributed by atoms with Gasteiger partial charge in [-0.05, 0) is 72.7 Å². The molecular formula is C28H19Cl2NO2. The second-order valence-electron chi connectivity index (χ2n) is 7.80. The van der Waals surface area contributed by atoms with Crippen molar-refractivity contribution in [2.24, 2.45) is 0 Å². The lowest BCUT2D eigenvalue weighted by atomic mass is 10.1. The Bertz CT molecular complexity index is 1420. The summed E-state index contributed by atoms with van der Waals surface area (Å²) in [5, 5.41) is 1.11. The van der Waals surface area contributed by atoms with E-state index >= 15 is 0 Å². The van der Waals surface area contributed by atoms with Gasteiger partial charge >= 0.3 is 0 Å². The molecule has 1 amide bonds. The Labute approximate surface area is 202 Å². The van der Waals surface area contributed by atoms with Crippen molar-refractivity contribution in [1.82, 2.24) is 0 Å². The number of hydrogen-bond donors (Lipinski definition) is 0. The molecule has 33 heavy (non-hydrogen) atoms. The minimum atomic E-state index is -0.113. The van der Waals surface area contributed by atoms with Gasteiger partial charge in [-0.25, -0.2) is 0 Å². The lowest BCUT2D eigenvalue weighted by Crippen LogP contribution is -2.24. The van der Waals surface area contributed by atoms with Crippen LogP contribution in [0.25, 0.3) is 23.1 Å². The van der Waals surface area contributed by atoms with Crippen LogP contribution >= 0.6 is 23.2 Å². The summed E-state index contributed by atoms with van der Waals surface area (Å²) >= 11 is 12.4. The van der Waals surface area contributed by atoms with Crippen LogP contribution in [-0.4, -0.2) is 5.91 Å². The van der Waals surface area contributed by atoms with Crippen molar-refractivity contribution in [3.63, 3.8) is 0 Å². The van der Waals surface area contributed by atoms with Crippen molar-refractivity contribution in [2.45, 2.75) is 6.92 Å². The van der Waals surface area contributed by atoms with Gasteiger partial charge in [-0.1, -0.05) is 65.7 Å². The van der Waals surface area contributed by atoms with Crippen molar-refractivity contribution in [2.75, 3.05) is 4.90 Å². The highest BCUT2D eigenvalue weighted by Gasteiger charge is 2.30. The SMILES string of the molecule is Cc1cccc(N2C(=O)/C(=C/c3ccc(-c4cc(Cl)ccc4Cl)o3)C=C2c2ccccc2)c1. The molecule has 3 nitrogen and oxygen atoms in total. The summed E-state index contributed by atoms with van der Waals surface area (Å²) in [5.74, 6) is 1.03. The molecule has 0 unspecified atom stereocenters. The van der Waals surface area contributed by atoms with E-state index in [9.17, 15) is 4.79 Å². The summed E-state index contributed by atoms with van der Waals surface area (Å²) in [6.07, 6.45) is 3.65. The molecule has 5 rings (SSSR count). The number of rotatable bonds is 4. The fourth-order valence-electron chi connectivity index (χ4n) is 3.87. The average molecular weight is 472 g/mol. The van der Waals surface area contributed by atoms with Gasteiger partial charge in [-0.3, -0.25) is 9.69 Å². The van der Waals surface area contributed by atoms with E-state index in [0.29, 0.717) is 32.7 Å². The highest BCUT2D eigenvalue weighted by Crippen LogP contribution is 2.37. The molecule has 4 aromatic rings. The summed E-state index contributed by atoms with van der Waals surface area (Å²) in [4.78, 5) is 15.2. The van der Waals surface area contributed by atoms with Crippen LogP contribution in [0.2, 0.25) is 10.0 Å². The zero-order chi connectivity index (χ0) is 22.9. The number of aryl methyl sites for hydroxylation is 1. The van der Waals surface area contributed by atoms with E-state index in [1.165, 1.54) is 0 Å². The molecule has 0 saturated carbocycles. The number of amides is 1. The lowest BCUT2D eigenvalue weighted by Gasteiger charge is -2.21. The quantitative estimate of drug-likeness (QED) is 0.282. The Hall–Kier alpha value is -3.53. The third-order valence-corrected chi connectivity index (χ3v) is 6.00. The number of hydrogen-bond acceptors (Lipinski definition) is 2. The Morgan fingerprint density at radius 2 is 1.70 bits per heavy atom. The van der Waals surface area contributed by atoms with Crippen LogP contribution in [0.3, 0.4) is 0 Å². The maximum atomic E-state index is 13.5. The second-order valence-corrected chi connectivity index (χ2v) is 8.64. The Morgan fingerprint density at radius 1 is 0.879 bits per heavy atom. The van der Waals surface area contributed by atoms with Crippen LogP contribution < -0.4 is 4.90 Å². The van der Waals surface area contributed by atoms with Crippen molar-refractivity contribution in [3.05, 3.63) is 124 Å². The van der Waals surface area contributed by atoms with E-state index in [-0.39, 0.29) is 5.91 Å². The highest BCUT2D eigenvalue weighted by atomic mass is 35.5. The average Bonchev–Trinajstić information content (AvgIpc) is 3.41. The van der Waals surface area contributed by atoms with Gasteiger partial charge in [-0.15, -0.1) is 0 Å². The van der Waals surface area contributed by atoms with Crippen molar-refractivity contribution < 1.29 is 9.21 Å². The normalized spacial score (nSPS) is 14.8. The molecule has 0 bridgehead atoms. The fourth-order valence-corrected chi connectivity index (χ4v) is 4.26. The van der Waals surface area contributed by atoms with E-state index in [2.05, 4.69) is 0 Å². The zero-order valence-electron chi connectivity index (χ0n) is 17.8. The standard InChI is InChI=1S/C28H19Cl2NO2/c1-18-6-5-9-22(14-18)31-26(19-7-3-2-4-8-19)16-20(28(31)32)15-23-11-13-27(33-23)24-17-21(29)10-12-25(24)30/h2-17H,1H3/b20-15+. The Balaban J connectivity index is 1.56. The molecule has 2 heterocycles. The summed E-state index contributed by atoms with van der Waals surface area (Å²) < 4.78 is 6.00. The largest absolute Gasteiger partial charge is 0.457 e. The van der Waals surface area contributed by atoms with Gasteiger partial charge in [-0.2, -0.15) is 0 Å². The minimum Gasteiger partial charge on any atom is -0.457 e. The van der Waals surface area contributed by atoms with Crippen LogP contribution in [0.5, 0.6) is 0 Å². The van der Waals surface area contributed by atoms with E-state index in [1.54, 1.807) is 29.2 Å². The topological polar surface area (TPSA) is 33.5 Å². The molecule has 0 N–H and O–H groups in total. The third-order valence-electron chi connectivity index (χ3n) is 5.43. The van der Waals surface area contributed by atoms with Crippen molar-refractivity contribution >= 4 is 46.6 Å². The molecule has 162 valence electrons. The van der Waals surface area contributed by atoms with Gasteiger partial charge in [0.2, 0.25) is 0 Å². The van der Waals surface area contributed by atoms with Crippen molar-refractivity contribution in [3.8, 4) is 11.3 Å². The van der Waals surface area contributed by atoms with Gasteiger partial charge in [0.25, 0.3) is 5.91 Å². The lowest BCUT2D eigenvalue weighted by molar-refractivity contribution is -0.113. The molecule has 3 aromatic carbocycles. The van der Waals surface area contributed by atoms with Gasteiger partial charge in [0.05, 0.1) is 10.7 Å². The summed E-state index contributed by atoms with van der Waals surface area (Å²) in [6.45, 7) is 2.01. The van der Waals surface area contributed by atoms with Gasteiger partial charge in [0.15, 0.2) is 0 Å². The molecule has 0 saturated heterocycles. The molecular weight excluding hydrogens is 453 g/mol. The molecule has 0 aliphatic carbocycles. The van der Waals surface area contributed by atoms with Crippen LogP contribution in [0.4, 0.5) is 5.69 Å². The minimum absolute atomic E-state index is 0.113. The zero-order valence-corrected chi connectivity index (χ0v) is 19.3. The second kappa shape index (κ2) is 8.78. The van der Waals surface area contributed by atoms with Crippen molar-refractivity contribution in [1.29, 1.82) is 0 Å². The van der Waals surface area contributed by atoms with Gasteiger partial charge in [0.1, 0.15) is 11.5 Å². The fraction of sp³-hybridized carbons (Fsp3) is 0.0357. The highest BCUT2D eigenvalue weighted by molar-refractivity contribution is 6.35. The number of carbonyl (C=O) groups is 1. The Kier molecular flexibility index (Phi) is 5.67. The number of carbonyl (C=O) groups excluding carboxylic acids is 1. The maximum absolute atomic E-state index is 13.5. The molecule has 5 heteroatoms. The Morgan fingerprint density at radius 3 is 2.48 bits per heavy atom. The van der Waals surface area contributed by atoms with E-state index in [1.807, 2.05) is 79.7 Å². The van der Waals surface area contributed by atoms with Gasteiger partial charge < -0.3 is 4.42 Å². The molecule has 0 atom stereocenters. The monoisotopic (exact) mass is 471 g/mol. The van der Waals surface area contributed by atoms with Gasteiger partial charge in [0, 0.05) is 21.8 Å². The number of furan rings is 1. The van der Waals surface area contributed by atoms with Crippen LogP contribution in [0.15, 0.2) is 101 Å². The smallest absolute Gasteiger partial charge is 0.263 e. The number of halogens is 2. The third kappa shape index (κ3) is 4.25. The van der Waals surface area contributed by atoms with Crippen LogP contribution in [0.1, 0.15) is 16.9 Å². The summed E-state index contributed by atoms with van der Waals surface area (Å²) in [5.41, 5.74) is 4.93. The predicted octanol–water partition coefficient (Wildman–Crippen LogP) is 8.03. The van der Waals surface area contributed by atoms with Crippen LogP contribution in [0, 0.1) is 6.92 Å².